The number of alkyl halides is 3. The summed E-state index contributed by atoms with van der Waals surface area (Å²) in [6.45, 7) is 6.13. The molecule has 0 aromatic carbocycles. The maximum Gasteiger partial charge on any atom is 0.265 e. The molecule has 1 fully saturated rings. The number of halogens is 3. The SMILES string of the molecule is CCCC/C=C/[C@H](OC(=N)C(Cl)(Cl)Cl)[C@H]1COC(C)(C)O1. The van der Waals surface area contributed by atoms with Crippen molar-refractivity contribution in [1.29, 1.82) is 5.41 Å². The Labute approximate surface area is 141 Å². The van der Waals surface area contributed by atoms with Crippen molar-refractivity contribution in [2.45, 2.75) is 61.8 Å². The summed E-state index contributed by atoms with van der Waals surface area (Å²) in [5.74, 6) is -1.10. The van der Waals surface area contributed by atoms with Gasteiger partial charge in [0.1, 0.15) is 12.2 Å². The molecular weight excluding hydrogens is 337 g/mol. The summed E-state index contributed by atoms with van der Waals surface area (Å²) >= 11 is 17.0. The first-order chi connectivity index (χ1) is 9.65. The molecule has 1 aliphatic rings. The minimum atomic E-state index is -1.88. The molecule has 1 N–H and O–H groups in total. The number of hydrogen-bond donors (Lipinski definition) is 1. The Hall–Kier alpha value is -0.0000000000000000416. The monoisotopic (exact) mass is 357 g/mol. The molecule has 0 unspecified atom stereocenters. The van der Waals surface area contributed by atoms with E-state index in [4.69, 9.17) is 54.4 Å². The van der Waals surface area contributed by atoms with Gasteiger partial charge in [-0.15, -0.1) is 0 Å². The number of unbranched alkanes of at least 4 members (excludes halogenated alkanes) is 2. The Morgan fingerprint density at radius 3 is 2.62 bits per heavy atom. The molecule has 0 amide bonds. The van der Waals surface area contributed by atoms with Crippen LogP contribution in [0, 0.1) is 5.41 Å². The van der Waals surface area contributed by atoms with E-state index in [-0.39, 0.29) is 6.10 Å². The normalized spacial score (nSPS) is 23.4. The fourth-order valence-corrected chi connectivity index (χ4v) is 2.01. The quantitative estimate of drug-likeness (QED) is 0.248. The zero-order chi connectivity index (χ0) is 16.1. The van der Waals surface area contributed by atoms with Crippen molar-refractivity contribution in [3.63, 3.8) is 0 Å². The van der Waals surface area contributed by atoms with Crippen LogP contribution in [0.2, 0.25) is 0 Å². The smallest absolute Gasteiger partial charge is 0.265 e. The van der Waals surface area contributed by atoms with Gasteiger partial charge in [-0.1, -0.05) is 60.6 Å². The lowest BCUT2D eigenvalue weighted by atomic mass is 10.1. The van der Waals surface area contributed by atoms with Crippen molar-refractivity contribution < 1.29 is 14.2 Å². The van der Waals surface area contributed by atoms with Crippen LogP contribution in [-0.2, 0) is 14.2 Å². The lowest BCUT2D eigenvalue weighted by Crippen LogP contribution is -2.36. The number of rotatable bonds is 6. The molecular formula is C14H22Cl3NO3. The van der Waals surface area contributed by atoms with Crippen molar-refractivity contribution in [2.24, 2.45) is 0 Å². The van der Waals surface area contributed by atoms with Crippen LogP contribution in [0.25, 0.3) is 0 Å². The maximum atomic E-state index is 7.70. The molecule has 0 aromatic rings. The molecule has 1 saturated heterocycles. The van der Waals surface area contributed by atoms with Gasteiger partial charge in [0.15, 0.2) is 5.79 Å². The van der Waals surface area contributed by atoms with Gasteiger partial charge >= 0.3 is 0 Å². The van der Waals surface area contributed by atoms with Crippen LogP contribution in [0.1, 0.15) is 40.0 Å². The summed E-state index contributed by atoms with van der Waals surface area (Å²) in [6, 6.07) is 0. The predicted octanol–water partition coefficient (Wildman–Crippen LogP) is 4.62. The molecule has 1 rings (SSSR count). The zero-order valence-electron chi connectivity index (χ0n) is 12.5. The van der Waals surface area contributed by atoms with E-state index in [1.165, 1.54) is 0 Å². The zero-order valence-corrected chi connectivity index (χ0v) is 14.8. The highest BCUT2D eigenvalue weighted by molar-refractivity contribution is 6.76. The second kappa shape index (κ2) is 8.02. The molecule has 0 spiro atoms. The molecule has 0 bridgehead atoms. The van der Waals surface area contributed by atoms with Gasteiger partial charge in [-0.2, -0.15) is 0 Å². The third-order valence-corrected chi connectivity index (χ3v) is 3.47. The highest BCUT2D eigenvalue weighted by Crippen LogP contribution is 2.31. The average Bonchev–Trinajstić information content (AvgIpc) is 2.72. The first kappa shape index (κ1) is 19.0. The van der Waals surface area contributed by atoms with Gasteiger partial charge in [0, 0.05) is 0 Å². The van der Waals surface area contributed by atoms with Gasteiger partial charge in [-0.05, 0) is 26.3 Å². The average molecular weight is 359 g/mol. The van der Waals surface area contributed by atoms with Crippen LogP contribution in [0.15, 0.2) is 12.2 Å². The lowest BCUT2D eigenvalue weighted by molar-refractivity contribution is -0.146. The van der Waals surface area contributed by atoms with Gasteiger partial charge in [0.25, 0.3) is 3.79 Å². The van der Waals surface area contributed by atoms with Gasteiger partial charge in [0.2, 0.25) is 5.90 Å². The van der Waals surface area contributed by atoms with Crippen molar-refractivity contribution in [2.75, 3.05) is 6.61 Å². The predicted molar refractivity (Wildman–Crippen MR) is 86.5 cm³/mol. The van der Waals surface area contributed by atoms with Gasteiger partial charge in [-0.3, -0.25) is 5.41 Å². The van der Waals surface area contributed by atoms with E-state index in [0.717, 1.165) is 19.3 Å². The molecule has 0 radical (unpaired) electrons. The summed E-state index contributed by atoms with van der Waals surface area (Å²) in [5.41, 5.74) is 0. The summed E-state index contributed by atoms with van der Waals surface area (Å²) < 4.78 is 14.9. The first-order valence-electron chi connectivity index (χ1n) is 6.96. The third-order valence-electron chi connectivity index (χ3n) is 2.96. The van der Waals surface area contributed by atoms with Gasteiger partial charge in [0.05, 0.1) is 6.61 Å². The Kier molecular flexibility index (Phi) is 7.28. The Balaban J connectivity index is 2.71. The van der Waals surface area contributed by atoms with Crippen LogP contribution in [-0.4, -0.2) is 34.3 Å². The summed E-state index contributed by atoms with van der Waals surface area (Å²) in [7, 11) is 0. The molecule has 1 heterocycles. The number of ether oxygens (including phenoxy) is 3. The lowest BCUT2D eigenvalue weighted by Gasteiger charge is -2.25. The van der Waals surface area contributed by atoms with Crippen molar-refractivity contribution in [1.82, 2.24) is 0 Å². The molecule has 21 heavy (non-hydrogen) atoms. The molecule has 0 aliphatic carbocycles. The van der Waals surface area contributed by atoms with Crippen LogP contribution in [0.3, 0.4) is 0 Å². The summed E-state index contributed by atoms with van der Waals surface area (Å²) in [6.07, 6.45) is 6.09. The Morgan fingerprint density at radius 1 is 1.48 bits per heavy atom. The van der Waals surface area contributed by atoms with Crippen LogP contribution >= 0.6 is 34.8 Å². The van der Waals surface area contributed by atoms with Crippen LogP contribution in [0.5, 0.6) is 0 Å². The third kappa shape index (κ3) is 6.74. The standard InChI is InChI=1S/C14H22Cl3NO3/c1-4-5-6-7-8-10(20-12(18)14(15,16)17)11-9-19-13(2,3)21-11/h7-8,10-11,18H,4-6,9H2,1-3H3/b8-7+,18-12?/t10-,11+/m0/s1. The number of hydrogen-bond acceptors (Lipinski definition) is 4. The number of allylic oxidation sites excluding steroid dienone is 1. The van der Waals surface area contributed by atoms with E-state index in [1.54, 1.807) is 0 Å². The van der Waals surface area contributed by atoms with E-state index in [9.17, 15) is 0 Å². The second-order valence-corrected chi connectivity index (χ2v) is 7.63. The van der Waals surface area contributed by atoms with Crippen LogP contribution < -0.4 is 0 Å². The molecule has 122 valence electrons. The highest BCUT2D eigenvalue weighted by Gasteiger charge is 2.40. The van der Waals surface area contributed by atoms with E-state index in [1.807, 2.05) is 26.0 Å². The van der Waals surface area contributed by atoms with Crippen LogP contribution in [0.4, 0.5) is 0 Å². The summed E-state index contributed by atoms with van der Waals surface area (Å²) in [5, 5.41) is 7.70. The van der Waals surface area contributed by atoms with Crippen molar-refractivity contribution >= 4 is 40.7 Å². The second-order valence-electron chi connectivity index (χ2n) is 5.35. The minimum absolute atomic E-state index is 0.342. The van der Waals surface area contributed by atoms with E-state index in [2.05, 4.69) is 6.92 Å². The molecule has 1 aliphatic heterocycles. The molecule has 0 aromatic heterocycles. The molecule has 2 atom stereocenters. The van der Waals surface area contributed by atoms with Crippen molar-refractivity contribution in [3.8, 4) is 0 Å². The van der Waals surface area contributed by atoms with E-state index in [0.29, 0.717) is 6.61 Å². The fourth-order valence-electron chi connectivity index (χ4n) is 1.87. The van der Waals surface area contributed by atoms with Gasteiger partial charge in [-0.25, -0.2) is 0 Å². The molecule has 0 saturated carbocycles. The largest absolute Gasteiger partial charge is 0.468 e. The number of nitrogens with one attached hydrogen (secondary N) is 1. The summed E-state index contributed by atoms with van der Waals surface area (Å²) in [4.78, 5) is 0. The first-order valence-corrected chi connectivity index (χ1v) is 8.10. The molecule has 7 heteroatoms. The minimum Gasteiger partial charge on any atom is -0.468 e. The fraction of sp³-hybridized carbons (Fsp3) is 0.786. The molecule has 4 nitrogen and oxygen atoms in total. The Morgan fingerprint density at radius 2 is 2.14 bits per heavy atom. The Bertz CT molecular complexity index is 380. The van der Waals surface area contributed by atoms with Gasteiger partial charge < -0.3 is 14.2 Å². The van der Waals surface area contributed by atoms with E-state index < -0.39 is 21.6 Å². The maximum absolute atomic E-state index is 7.70. The topological polar surface area (TPSA) is 51.5 Å². The van der Waals surface area contributed by atoms with Crippen molar-refractivity contribution in [3.05, 3.63) is 12.2 Å². The van der Waals surface area contributed by atoms with E-state index >= 15 is 0 Å². The highest BCUT2D eigenvalue weighted by atomic mass is 35.6.